The van der Waals surface area contributed by atoms with Gasteiger partial charge in [-0.1, -0.05) is 23.5 Å². The van der Waals surface area contributed by atoms with Gasteiger partial charge in [-0.25, -0.2) is 4.98 Å². The number of hydrogen-bond donors (Lipinski definition) is 3. The van der Waals surface area contributed by atoms with Crippen LogP contribution in [0, 0.1) is 0 Å². The summed E-state index contributed by atoms with van der Waals surface area (Å²) in [6.45, 7) is 0.00713. The lowest BCUT2D eigenvalue weighted by atomic mass is 10.1. The normalized spacial score (nSPS) is 10.4. The maximum absolute atomic E-state index is 12.0. The van der Waals surface area contributed by atoms with Crippen molar-refractivity contribution >= 4 is 38.5 Å². The molecule has 0 radical (unpaired) electrons. The van der Waals surface area contributed by atoms with Crippen LogP contribution in [0.25, 0.3) is 10.2 Å². The average molecular weight is 414 g/mol. The Morgan fingerprint density at radius 2 is 1.69 bits per heavy atom. The lowest BCUT2D eigenvalue weighted by molar-refractivity contribution is -0.128. The predicted molar refractivity (Wildman–Crippen MR) is 112 cm³/mol. The number of ether oxygens (including phenoxy) is 2. The first kappa shape index (κ1) is 20.4. The fourth-order valence-electron chi connectivity index (χ4n) is 2.62. The van der Waals surface area contributed by atoms with E-state index < -0.39 is 0 Å². The highest BCUT2D eigenvalue weighted by atomic mass is 32.1. The molecule has 1 heterocycles. The van der Waals surface area contributed by atoms with Gasteiger partial charge >= 0.3 is 0 Å². The standard InChI is InChI=1S/C20H22N4O4S/c1-27-14-9-13(10-15(11-14)28-2)7-8-18(25)23-24-19(26)12-21-20-22-16-5-3-4-6-17(16)29-20/h3-6,9-11H,7-8,12H2,1-2H3,(H,21,22)(H,23,25)(H,24,26). The van der Waals surface area contributed by atoms with E-state index in [1.165, 1.54) is 11.3 Å². The first-order chi connectivity index (χ1) is 14.1. The van der Waals surface area contributed by atoms with Crippen molar-refractivity contribution in [2.75, 3.05) is 26.1 Å². The number of carbonyl (C=O) groups is 2. The predicted octanol–water partition coefficient (Wildman–Crippen LogP) is 2.51. The second kappa shape index (κ2) is 9.74. The van der Waals surface area contributed by atoms with Gasteiger partial charge in [0.05, 0.1) is 31.0 Å². The zero-order chi connectivity index (χ0) is 20.6. The van der Waals surface area contributed by atoms with Crippen LogP contribution < -0.4 is 25.6 Å². The molecule has 2 aromatic carbocycles. The Labute approximate surface area is 172 Å². The van der Waals surface area contributed by atoms with Crippen molar-refractivity contribution in [2.45, 2.75) is 12.8 Å². The summed E-state index contributed by atoms with van der Waals surface area (Å²) in [4.78, 5) is 28.3. The molecule has 0 bridgehead atoms. The Morgan fingerprint density at radius 3 is 2.38 bits per heavy atom. The Hall–Kier alpha value is -3.33. The molecule has 0 unspecified atom stereocenters. The van der Waals surface area contributed by atoms with E-state index in [-0.39, 0.29) is 24.8 Å². The molecule has 0 aliphatic heterocycles. The molecule has 152 valence electrons. The van der Waals surface area contributed by atoms with Crippen LogP contribution in [0.2, 0.25) is 0 Å². The summed E-state index contributed by atoms with van der Waals surface area (Å²) in [6.07, 6.45) is 0.696. The molecule has 3 N–H and O–H groups in total. The number of rotatable bonds is 8. The van der Waals surface area contributed by atoms with Crippen molar-refractivity contribution < 1.29 is 19.1 Å². The number of benzene rings is 2. The number of amides is 2. The van der Waals surface area contributed by atoms with Crippen LogP contribution in [0.15, 0.2) is 42.5 Å². The minimum absolute atomic E-state index is 0.00713. The van der Waals surface area contributed by atoms with Gasteiger partial charge in [-0.05, 0) is 36.2 Å². The van der Waals surface area contributed by atoms with Crippen molar-refractivity contribution in [2.24, 2.45) is 0 Å². The zero-order valence-corrected chi connectivity index (χ0v) is 17.0. The molecule has 0 spiro atoms. The topological polar surface area (TPSA) is 102 Å². The molecule has 8 nitrogen and oxygen atoms in total. The van der Waals surface area contributed by atoms with Crippen molar-refractivity contribution in [1.82, 2.24) is 15.8 Å². The van der Waals surface area contributed by atoms with Gasteiger partial charge in [-0.3, -0.25) is 20.4 Å². The average Bonchev–Trinajstić information content (AvgIpc) is 3.17. The number of aromatic nitrogens is 1. The third-order valence-electron chi connectivity index (χ3n) is 4.09. The molecule has 9 heteroatoms. The first-order valence-electron chi connectivity index (χ1n) is 8.96. The molecule has 0 atom stereocenters. The highest BCUT2D eigenvalue weighted by Gasteiger charge is 2.09. The van der Waals surface area contributed by atoms with Gasteiger partial charge < -0.3 is 14.8 Å². The van der Waals surface area contributed by atoms with Gasteiger partial charge in [-0.15, -0.1) is 0 Å². The number of fused-ring (bicyclic) bond motifs is 1. The third-order valence-corrected chi connectivity index (χ3v) is 5.08. The number of methoxy groups -OCH3 is 2. The van der Waals surface area contributed by atoms with Gasteiger partial charge in [0.1, 0.15) is 11.5 Å². The lowest BCUT2D eigenvalue weighted by Gasteiger charge is -2.10. The fourth-order valence-corrected chi connectivity index (χ4v) is 3.48. The number of carbonyl (C=O) groups excluding carboxylic acids is 2. The Balaban J connectivity index is 1.41. The van der Waals surface area contributed by atoms with E-state index in [0.717, 1.165) is 15.8 Å². The fraction of sp³-hybridized carbons (Fsp3) is 0.250. The molecular weight excluding hydrogens is 392 g/mol. The van der Waals surface area contributed by atoms with Gasteiger partial charge in [0.15, 0.2) is 5.13 Å². The summed E-state index contributed by atoms with van der Waals surface area (Å²) in [6, 6.07) is 13.2. The molecular formula is C20H22N4O4S. The highest BCUT2D eigenvalue weighted by molar-refractivity contribution is 7.22. The van der Waals surface area contributed by atoms with E-state index >= 15 is 0 Å². The van der Waals surface area contributed by atoms with E-state index in [0.29, 0.717) is 23.1 Å². The Kier molecular flexibility index (Phi) is 6.85. The van der Waals surface area contributed by atoms with Crippen molar-refractivity contribution in [3.05, 3.63) is 48.0 Å². The molecule has 3 aromatic rings. The molecule has 0 saturated heterocycles. The molecule has 0 aliphatic carbocycles. The van der Waals surface area contributed by atoms with Crippen LogP contribution in [0.3, 0.4) is 0 Å². The number of para-hydroxylation sites is 1. The molecule has 1 aromatic heterocycles. The summed E-state index contributed by atoms with van der Waals surface area (Å²) < 4.78 is 11.5. The number of anilines is 1. The number of aryl methyl sites for hydroxylation is 1. The van der Waals surface area contributed by atoms with E-state index in [1.807, 2.05) is 36.4 Å². The molecule has 29 heavy (non-hydrogen) atoms. The van der Waals surface area contributed by atoms with Crippen LogP contribution in [0.5, 0.6) is 11.5 Å². The summed E-state index contributed by atoms with van der Waals surface area (Å²) in [5.74, 6) is 0.670. The monoisotopic (exact) mass is 414 g/mol. The SMILES string of the molecule is COc1cc(CCC(=O)NNC(=O)CNc2nc3ccccc3s2)cc(OC)c1. The van der Waals surface area contributed by atoms with Crippen molar-refractivity contribution in [3.8, 4) is 11.5 Å². The third kappa shape index (κ3) is 5.82. The Morgan fingerprint density at radius 1 is 1.00 bits per heavy atom. The van der Waals surface area contributed by atoms with Crippen LogP contribution in [0.1, 0.15) is 12.0 Å². The first-order valence-corrected chi connectivity index (χ1v) is 9.78. The second-order valence-electron chi connectivity index (χ2n) is 6.16. The zero-order valence-electron chi connectivity index (χ0n) is 16.2. The van der Waals surface area contributed by atoms with E-state index in [9.17, 15) is 9.59 Å². The summed E-state index contributed by atoms with van der Waals surface area (Å²) in [7, 11) is 3.15. The number of nitrogens with one attached hydrogen (secondary N) is 3. The van der Waals surface area contributed by atoms with Gasteiger partial charge in [-0.2, -0.15) is 0 Å². The van der Waals surface area contributed by atoms with Crippen LogP contribution in [-0.4, -0.2) is 37.6 Å². The number of nitrogens with zero attached hydrogens (tertiary/aromatic N) is 1. The summed E-state index contributed by atoms with van der Waals surface area (Å²) in [5.41, 5.74) is 6.59. The molecule has 0 saturated carbocycles. The van der Waals surface area contributed by atoms with Gasteiger partial charge in [0.2, 0.25) is 5.91 Å². The van der Waals surface area contributed by atoms with Crippen LogP contribution in [0.4, 0.5) is 5.13 Å². The number of hydrazine groups is 1. The number of hydrogen-bond acceptors (Lipinski definition) is 7. The van der Waals surface area contributed by atoms with E-state index in [4.69, 9.17) is 9.47 Å². The van der Waals surface area contributed by atoms with E-state index in [2.05, 4.69) is 21.2 Å². The van der Waals surface area contributed by atoms with Gasteiger partial charge in [0.25, 0.3) is 5.91 Å². The summed E-state index contributed by atoms with van der Waals surface area (Å²) >= 11 is 1.47. The maximum Gasteiger partial charge on any atom is 0.257 e. The van der Waals surface area contributed by atoms with Crippen LogP contribution in [-0.2, 0) is 16.0 Å². The molecule has 0 aliphatic rings. The summed E-state index contributed by atoms with van der Waals surface area (Å²) in [5, 5.41) is 3.61. The van der Waals surface area contributed by atoms with Crippen molar-refractivity contribution in [1.29, 1.82) is 0 Å². The Bertz CT molecular complexity index is 950. The molecule has 3 rings (SSSR count). The maximum atomic E-state index is 12.0. The van der Waals surface area contributed by atoms with Crippen LogP contribution >= 0.6 is 11.3 Å². The largest absolute Gasteiger partial charge is 0.497 e. The quantitative estimate of drug-likeness (QED) is 0.490. The second-order valence-corrected chi connectivity index (χ2v) is 7.19. The highest BCUT2D eigenvalue weighted by Crippen LogP contribution is 2.25. The number of thiazole rings is 1. The van der Waals surface area contributed by atoms with Crippen molar-refractivity contribution in [3.63, 3.8) is 0 Å². The minimum Gasteiger partial charge on any atom is -0.497 e. The lowest BCUT2D eigenvalue weighted by Crippen LogP contribution is -2.44. The van der Waals surface area contributed by atoms with E-state index in [1.54, 1.807) is 20.3 Å². The molecule has 2 amide bonds. The minimum atomic E-state index is -0.361. The smallest absolute Gasteiger partial charge is 0.257 e. The molecule has 0 fully saturated rings. The van der Waals surface area contributed by atoms with Gasteiger partial charge in [0, 0.05) is 12.5 Å².